The lowest BCUT2D eigenvalue weighted by Crippen LogP contribution is -2.52. The first kappa shape index (κ1) is 30.7. The SMILES string of the molecule is CC(C)NC(=O)[C@@H](Cc1ccccc1)N(Cc1ccccc1F)C(=O)CCCN(c1ccc(F)cc1)S(C)(=O)=O. The molecule has 214 valence electrons. The number of anilines is 1. The zero-order chi connectivity index (χ0) is 29.3. The lowest BCUT2D eigenvalue weighted by atomic mass is 10.0. The molecule has 7 nitrogen and oxygen atoms in total. The molecule has 0 aliphatic heterocycles. The van der Waals surface area contributed by atoms with E-state index >= 15 is 0 Å². The van der Waals surface area contributed by atoms with E-state index in [1.807, 2.05) is 44.2 Å². The Labute approximate surface area is 234 Å². The molecule has 10 heteroatoms. The third-order valence-corrected chi connectivity index (χ3v) is 7.46. The lowest BCUT2D eigenvalue weighted by Gasteiger charge is -2.32. The molecule has 1 N–H and O–H groups in total. The molecule has 2 amide bonds. The maximum Gasteiger partial charge on any atom is 0.243 e. The second kappa shape index (κ2) is 14.0. The molecule has 0 radical (unpaired) electrons. The average molecular weight is 572 g/mol. The predicted octanol–water partition coefficient (Wildman–Crippen LogP) is 4.68. The van der Waals surface area contributed by atoms with Crippen LogP contribution in [0, 0.1) is 11.6 Å². The lowest BCUT2D eigenvalue weighted by molar-refractivity contribution is -0.141. The van der Waals surface area contributed by atoms with E-state index in [1.54, 1.807) is 18.2 Å². The number of nitrogens with zero attached hydrogens (tertiary/aromatic N) is 2. The zero-order valence-corrected chi connectivity index (χ0v) is 23.7. The van der Waals surface area contributed by atoms with Gasteiger partial charge in [-0.3, -0.25) is 13.9 Å². The Morgan fingerprint density at radius 3 is 2.12 bits per heavy atom. The highest BCUT2D eigenvalue weighted by atomic mass is 32.2. The number of halogens is 2. The maximum atomic E-state index is 14.7. The fraction of sp³-hybridized carbons (Fsp3) is 0.333. The molecule has 1 atom stereocenters. The molecule has 0 spiro atoms. The Morgan fingerprint density at radius 1 is 0.900 bits per heavy atom. The largest absolute Gasteiger partial charge is 0.352 e. The summed E-state index contributed by atoms with van der Waals surface area (Å²) in [6, 6.07) is 19.2. The van der Waals surface area contributed by atoms with Crippen LogP contribution in [0.5, 0.6) is 0 Å². The molecule has 0 bridgehead atoms. The molecule has 3 rings (SSSR count). The number of nitrogens with one attached hydrogen (secondary N) is 1. The minimum Gasteiger partial charge on any atom is -0.352 e. The number of sulfonamides is 1. The van der Waals surface area contributed by atoms with Crippen LogP contribution >= 0.6 is 0 Å². The van der Waals surface area contributed by atoms with E-state index in [9.17, 15) is 26.8 Å². The first-order chi connectivity index (χ1) is 19.0. The molecule has 3 aromatic carbocycles. The van der Waals surface area contributed by atoms with Crippen LogP contribution < -0.4 is 9.62 Å². The van der Waals surface area contributed by atoms with E-state index in [0.717, 1.165) is 28.3 Å². The number of benzene rings is 3. The summed E-state index contributed by atoms with van der Waals surface area (Å²) in [5.74, 6) is -1.79. The van der Waals surface area contributed by atoms with Crippen LogP contribution in [-0.2, 0) is 32.6 Å². The summed E-state index contributed by atoms with van der Waals surface area (Å²) in [6.07, 6.45) is 1.28. The third-order valence-electron chi connectivity index (χ3n) is 6.27. The summed E-state index contributed by atoms with van der Waals surface area (Å²) in [7, 11) is -3.71. The monoisotopic (exact) mass is 571 g/mol. The number of rotatable bonds is 13. The van der Waals surface area contributed by atoms with E-state index in [2.05, 4.69) is 5.32 Å². The summed E-state index contributed by atoms with van der Waals surface area (Å²) >= 11 is 0. The Hall–Kier alpha value is -3.79. The number of carbonyl (C=O) groups excluding carboxylic acids is 2. The Bertz CT molecular complexity index is 1380. The molecule has 0 aliphatic rings. The molecular weight excluding hydrogens is 536 g/mol. The van der Waals surface area contributed by atoms with Crippen molar-refractivity contribution < 1.29 is 26.8 Å². The van der Waals surface area contributed by atoms with Crippen molar-refractivity contribution in [1.82, 2.24) is 10.2 Å². The quantitative estimate of drug-likeness (QED) is 0.323. The summed E-state index contributed by atoms with van der Waals surface area (Å²) in [4.78, 5) is 28.5. The molecule has 0 aliphatic carbocycles. The molecule has 0 heterocycles. The Morgan fingerprint density at radius 2 is 1.52 bits per heavy atom. The van der Waals surface area contributed by atoms with Crippen molar-refractivity contribution in [3.8, 4) is 0 Å². The number of hydrogen-bond acceptors (Lipinski definition) is 4. The number of hydrogen-bond donors (Lipinski definition) is 1. The van der Waals surface area contributed by atoms with Gasteiger partial charge in [-0.05, 0) is 56.2 Å². The molecule has 0 unspecified atom stereocenters. The average Bonchev–Trinajstić information content (AvgIpc) is 2.89. The van der Waals surface area contributed by atoms with Crippen molar-refractivity contribution in [1.29, 1.82) is 0 Å². The van der Waals surface area contributed by atoms with E-state index in [1.165, 1.54) is 23.1 Å². The Kier molecular flexibility index (Phi) is 10.8. The van der Waals surface area contributed by atoms with E-state index in [-0.39, 0.29) is 55.6 Å². The van der Waals surface area contributed by atoms with Gasteiger partial charge in [-0.15, -0.1) is 0 Å². The van der Waals surface area contributed by atoms with Crippen LogP contribution in [0.15, 0.2) is 78.9 Å². The van der Waals surface area contributed by atoms with E-state index in [4.69, 9.17) is 0 Å². The van der Waals surface area contributed by atoms with Crippen molar-refractivity contribution in [3.63, 3.8) is 0 Å². The standard InChI is InChI=1S/C30H35F2N3O4S/c1-22(2)33-30(37)28(20-23-10-5-4-6-11-23)34(21-24-12-7-8-13-27(24)32)29(36)14-9-19-35(40(3,38)39)26-17-15-25(31)16-18-26/h4-8,10-13,15-18,22,28H,9,14,19-21H2,1-3H3,(H,33,37)/t28-/m1/s1. The molecule has 0 saturated heterocycles. The molecule has 0 saturated carbocycles. The van der Waals surface area contributed by atoms with E-state index in [0.29, 0.717) is 0 Å². The molecule has 3 aromatic rings. The van der Waals surface area contributed by atoms with Crippen LogP contribution in [0.1, 0.15) is 37.8 Å². The normalized spacial score (nSPS) is 12.2. The van der Waals surface area contributed by atoms with Gasteiger partial charge in [-0.1, -0.05) is 48.5 Å². The first-order valence-electron chi connectivity index (χ1n) is 13.1. The van der Waals surface area contributed by atoms with Gasteiger partial charge in [0.2, 0.25) is 21.8 Å². The van der Waals surface area contributed by atoms with Gasteiger partial charge in [0.15, 0.2) is 0 Å². The molecule has 0 aromatic heterocycles. The predicted molar refractivity (Wildman–Crippen MR) is 152 cm³/mol. The van der Waals surface area contributed by atoms with Crippen LogP contribution in [0.2, 0.25) is 0 Å². The summed E-state index contributed by atoms with van der Waals surface area (Å²) < 4.78 is 54.1. The summed E-state index contributed by atoms with van der Waals surface area (Å²) in [6.45, 7) is 3.46. The highest BCUT2D eigenvalue weighted by Gasteiger charge is 2.31. The molecule has 0 fully saturated rings. The van der Waals surface area contributed by atoms with Gasteiger partial charge in [-0.25, -0.2) is 17.2 Å². The van der Waals surface area contributed by atoms with Gasteiger partial charge in [0.05, 0.1) is 11.9 Å². The fourth-order valence-electron chi connectivity index (χ4n) is 4.36. The van der Waals surface area contributed by atoms with E-state index < -0.39 is 33.6 Å². The first-order valence-corrected chi connectivity index (χ1v) is 14.9. The Balaban J connectivity index is 1.88. The van der Waals surface area contributed by atoms with Crippen LogP contribution in [-0.4, -0.2) is 50.0 Å². The van der Waals surface area contributed by atoms with Gasteiger partial charge in [0.1, 0.15) is 17.7 Å². The van der Waals surface area contributed by atoms with Crippen molar-refractivity contribution in [2.24, 2.45) is 0 Å². The smallest absolute Gasteiger partial charge is 0.243 e. The van der Waals surface area contributed by atoms with Crippen molar-refractivity contribution in [2.45, 2.75) is 51.7 Å². The molecular formula is C30H35F2N3O4S. The summed E-state index contributed by atoms with van der Waals surface area (Å²) in [5, 5.41) is 2.87. The minimum absolute atomic E-state index is 0.0364. The van der Waals surface area contributed by atoms with Crippen LogP contribution in [0.4, 0.5) is 14.5 Å². The molecule has 40 heavy (non-hydrogen) atoms. The highest BCUT2D eigenvalue weighted by molar-refractivity contribution is 7.92. The zero-order valence-electron chi connectivity index (χ0n) is 22.9. The highest BCUT2D eigenvalue weighted by Crippen LogP contribution is 2.21. The van der Waals surface area contributed by atoms with Crippen molar-refractivity contribution in [2.75, 3.05) is 17.1 Å². The van der Waals surface area contributed by atoms with Gasteiger partial charge in [0, 0.05) is 37.5 Å². The summed E-state index contributed by atoms with van der Waals surface area (Å²) in [5.41, 5.74) is 1.37. The topological polar surface area (TPSA) is 86.8 Å². The number of carbonyl (C=O) groups is 2. The van der Waals surface area contributed by atoms with Crippen LogP contribution in [0.25, 0.3) is 0 Å². The van der Waals surface area contributed by atoms with Crippen molar-refractivity contribution >= 4 is 27.5 Å². The van der Waals surface area contributed by atoms with Gasteiger partial charge >= 0.3 is 0 Å². The van der Waals surface area contributed by atoms with Gasteiger partial charge in [-0.2, -0.15) is 0 Å². The third kappa shape index (κ3) is 8.87. The maximum absolute atomic E-state index is 14.7. The van der Waals surface area contributed by atoms with Crippen LogP contribution in [0.3, 0.4) is 0 Å². The fourth-order valence-corrected chi connectivity index (χ4v) is 5.32. The minimum atomic E-state index is -3.71. The second-order valence-electron chi connectivity index (χ2n) is 9.90. The van der Waals surface area contributed by atoms with Gasteiger partial charge < -0.3 is 10.2 Å². The number of amides is 2. The second-order valence-corrected chi connectivity index (χ2v) is 11.8. The van der Waals surface area contributed by atoms with Gasteiger partial charge in [0.25, 0.3) is 0 Å². The van der Waals surface area contributed by atoms with Crippen molar-refractivity contribution in [3.05, 3.63) is 102 Å².